The van der Waals surface area contributed by atoms with Gasteiger partial charge in [-0.1, -0.05) is 25.1 Å². The number of anilines is 1. The molecule has 7 nitrogen and oxygen atoms in total. The fourth-order valence-corrected chi connectivity index (χ4v) is 5.62. The standard InChI is InChI=1S/C25H34N2O5S/c1-6-22(20-12-11-18-9-7-8-10-19(18)15-20)26-25(28)17(2)27(33(5,29)30)21-13-14-23(31-3)24(16-21)32-4/h11-17,22H,6-10H2,1-5H3,(H,26,28)/t17-,22-/m1/s1. The maximum Gasteiger partial charge on any atom is 0.244 e. The van der Waals surface area contributed by atoms with Gasteiger partial charge in [0.05, 0.1) is 32.2 Å². The fourth-order valence-electron chi connectivity index (χ4n) is 4.45. The molecule has 0 saturated carbocycles. The largest absolute Gasteiger partial charge is 0.493 e. The van der Waals surface area contributed by atoms with Gasteiger partial charge in [0, 0.05) is 6.07 Å². The zero-order valence-corrected chi connectivity index (χ0v) is 20.9. The maximum atomic E-state index is 13.2. The number of carbonyl (C=O) groups excluding carboxylic acids is 1. The highest BCUT2D eigenvalue weighted by Crippen LogP contribution is 2.33. The maximum absolute atomic E-state index is 13.2. The Kier molecular flexibility index (Phi) is 7.89. The van der Waals surface area contributed by atoms with Crippen LogP contribution >= 0.6 is 0 Å². The van der Waals surface area contributed by atoms with Crippen LogP contribution in [-0.2, 0) is 27.7 Å². The summed E-state index contributed by atoms with van der Waals surface area (Å²) in [7, 11) is -0.763. The van der Waals surface area contributed by atoms with Gasteiger partial charge in [-0.05, 0) is 67.9 Å². The fraction of sp³-hybridized carbons (Fsp3) is 0.480. The van der Waals surface area contributed by atoms with Crippen molar-refractivity contribution in [1.82, 2.24) is 5.32 Å². The van der Waals surface area contributed by atoms with E-state index in [1.807, 2.05) is 6.92 Å². The van der Waals surface area contributed by atoms with Crippen molar-refractivity contribution in [3.05, 3.63) is 53.1 Å². The molecule has 0 aromatic heterocycles. The predicted octanol–water partition coefficient (Wildman–Crippen LogP) is 4.00. The Labute approximate surface area is 197 Å². The number of nitrogens with zero attached hydrogens (tertiary/aromatic N) is 1. The summed E-state index contributed by atoms with van der Waals surface area (Å²) in [6, 6.07) is 10.1. The minimum absolute atomic E-state index is 0.195. The first-order valence-corrected chi connectivity index (χ1v) is 13.2. The molecule has 0 spiro atoms. The Bertz CT molecular complexity index is 1100. The van der Waals surface area contributed by atoms with E-state index < -0.39 is 16.1 Å². The lowest BCUT2D eigenvalue weighted by Gasteiger charge is -2.30. The van der Waals surface area contributed by atoms with Gasteiger partial charge in [0.2, 0.25) is 15.9 Å². The number of hydrogen-bond donors (Lipinski definition) is 1. The molecular formula is C25H34N2O5S. The molecule has 180 valence electrons. The molecule has 0 bridgehead atoms. The summed E-state index contributed by atoms with van der Waals surface area (Å²) >= 11 is 0. The minimum Gasteiger partial charge on any atom is -0.493 e. The van der Waals surface area contributed by atoms with E-state index in [0.717, 1.165) is 29.0 Å². The highest BCUT2D eigenvalue weighted by molar-refractivity contribution is 7.92. The van der Waals surface area contributed by atoms with Crippen LogP contribution in [-0.4, -0.2) is 40.8 Å². The summed E-state index contributed by atoms with van der Waals surface area (Å²) in [6.45, 7) is 3.60. The van der Waals surface area contributed by atoms with E-state index >= 15 is 0 Å². The van der Waals surface area contributed by atoms with Gasteiger partial charge in [0.1, 0.15) is 6.04 Å². The van der Waals surface area contributed by atoms with Gasteiger partial charge < -0.3 is 14.8 Å². The van der Waals surface area contributed by atoms with E-state index in [4.69, 9.17) is 9.47 Å². The van der Waals surface area contributed by atoms with E-state index in [0.29, 0.717) is 23.6 Å². The molecule has 33 heavy (non-hydrogen) atoms. The molecule has 0 unspecified atom stereocenters. The number of rotatable bonds is 9. The molecule has 0 saturated heterocycles. The van der Waals surface area contributed by atoms with Crippen molar-refractivity contribution in [3.63, 3.8) is 0 Å². The molecule has 1 aliphatic rings. The number of aryl methyl sites for hydroxylation is 2. The Morgan fingerprint density at radius 3 is 2.30 bits per heavy atom. The number of nitrogens with one attached hydrogen (secondary N) is 1. The minimum atomic E-state index is -3.75. The quantitative estimate of drug-likeness (QED) is 0.594. The SMILES string of the molecule is CC[C@@H](NC(=O)[C@@H](C)N(c1ccc(OC)c(OC)c1)S(C)(=O)=O)c1ccc2c(c1)CCCC2. The highest BCUT2D eigenvalue weighted by atomic mass is 32.2. The molecule has 0 fully saturated rings. The number of amides is 1. The Balaban J connectivity index is 1.86. The number of sulfonamides is 1. The van der Waals surface area contributed by atoms with Gasteiger partial charge in [-0.15, -0.1) is 0 Å². The Hall–Kier alpha value is -2.74. The van der Waals surface area contributed by atoms with Crippen molar-refractivity contribution in [2.24, 2.45) is 0 Å². The van der Waals surface area contributed by atoms with Crippen molar-refractivity contribution in [2.45, 2.75) is 58.0 Å². The van der Waals surface area contributed by atoms with Crippen LogP contribution in [0.2, 0.25) is 0 Å². The third-order valence-corrected chi connectivity index (χ3v) is 7.45. The van der Waals surface area contributed by atoms with Gasteiger partial charge in [-0.2, -0.15) is 0 Å². The number of carbonyl (C=O) groups is 1. The molecule has 0 heterocycles. The number of benzene rings is 2. The van der Waals surface area contributed by atoms with E-state index in [9.17, 15) is 13.2 Å². The molecule has 2 aromatic carbocycles. The second-order valence-corrected chi connectivity index (χ2v) is 10.3. The average molecular weight is 475 g/mol. The van der Waals surface area contributed by atoms with Crippen LogP contribution in [0.15, 0.2) is 36.4 Å². The van der Waals surface area contributed by atoms with Gasteiger partial charge in [0.25, 0.3) is 0 Å². The summed E-state index contributed by atoms with van der Waals surface area (Å²) < 4.78 is 37.1. The second-order valence-electron chi connectivity index (χ2n) is 8.48. The highest BCUT2D eigenvalue weighted by Gasteiger charge is 2.31. The third-order valence-electron chi connectivity index (χ3n) is 6.21. The molecule has 0 radical (unpaired) electrons. The molecule has 8 heteroatoms. The number of fused-ring (bicyclic) bond motifs is 1. The lowest BCUT2D eigenvalue weighted by molar-refractivity contribution is -0.122. The molecule has 1 aliphatic carbocycles. The van der Waals surface area contributed by atoms with Crippen molar-refractivity contribution < 1.29 is 22.7 Å². The van der Waals surface area contributed by atoms with Crippen LogP contribution in [0, 0.1) is 0 Å². The van der Waals surface area contributed by atoms with Crippen molar-refractivity contribution >= 4 is 21.6 Å². The Morgan fingerprint density at radius 1 is 1.03 bits per heavy atom. The van der Waals surface area contributed by atoms with Crippen molar-refractivity contribution in [3.8, 4) is 11.5 Å². The van der Waals surface area contributed by atoms with Crippen LogP contribution in [0.25, 0.3) is 0 Å². The number of methoxy groups -OCH3 is 2. The molecule has 1 N–H and O–H groups in total. The van der Waals surface area contributed by atoms with Crippen LogP contribution in [0.4, 0.5) is 5.69 Å². The first-order chi connectivity index (χ1) is 15.7. The monoisotopic (exact) mass is 474 g/mol. The summed E-state index contributed by atoms with van der Waals surface area (Å²) in [5, 5.41) is 3.06. The topological polar surface area (TPSA) is 84.9 Å². The lowest BCUT2D eigenvalue weighted by Crippen LogP contribution is -2.48. The van der Waals surface area contributed by atoms with Gasteiger partial charge in [-0.3, -0.25) is 9.10 Å². The summed E-state index contributed by atoms with van der Waals surface area (Å²) in [5.41, 5.74) is 4.12. The van der Waals surface area contributed by atoms with Crippen molar-refractivity contribution in [2.75, 3.05) is 24.8 Å². The predicted molar refractivity (Wildman–Crippen MR) is 131 cm³/mol. The zero-order chi connectivity index (χ0) is 24.2. The van der Waals surface area contributed by atoms with Crippen LogP contribution in [0.1, 0.15) is 55.8 Å². The van der Waals surface area contributed by atoms with Gasteiger partial charge >= 0.3 is 0 Å². The summed E-state index contributed by atoms with van der Waals surface area (Å²) in [6.07, 6.45) is 6.36. The molecular weight excluding hydrogens is 440 g/mol. The Morgan fingerprint density at radius 2 is 1.70 bits per heavy atom. The molecule has 2 aromatic rings. The average Bonchev–Trinajstić information content (AvgIpc) is 2.81. The smallest absolute Gasteiger partial charge is 0.244 e. The molecule has 1 amide bonds. The lowest BCUT2D eigenvalue weighted by atomic mass is 9.88. The molecule has 2 atom stereocenters. The van der Waals surface area contributed by atoms with Crippen molar-refractivity contribution in [1.29, 1.82) is 0 Å². The van der Waals surface area contributed by atoms with Crippen LogP contribution < -0.4 is 19.1 Å². The van der Waals surface area contributed by atoms with Gasteiger partial charge in [-0.25, -0.2) is 8.42 Å². The van der Waals surface area contributed by atoms with Crippen LogP contribution in [0.3, 0.4) is 0 Å². The third kappa shape index (κ3) is 5.61. The summed E-state index contributed by atoms with van der Waals surface area (Å²) in [5.74, 6) is 0.502. The first kappa shape index (κ1) is 24.9. The first-order valence-electron chi connectivity index (χ1n) is 11.3. The van der Waals surface area contributed by atoms with Gasteiger partial charge in [0.15, 0.2) is 11.5 Å². The summed E-state index contributed by atoms with van der Waals surface area (Å²) in [4.78, 5) is 13.2. The number of hydrogen-bond acceptors (Lipinski definition) is 5. The normalized spacial score (nSPS) is 15.2. The number of ether oxygens (including phenoxy) is 2. The van der Waals surface area contributed by atoms with E-state index in [2.05, 4.69) is 23.5 Å². The van der Waals surface area contributed by atoms with E-state index in [1.54, 1.807) is 25.1 Å². The van der Waals surface area contributed by atoms with Crippen LogP contribution in [0.5, 0.6) is 11.5 Å². The second kappa shape index (κ2) is 10.5. The van der Waals surface area contributed by atoms with E-state index in [1.165, 1.54) is 38.2 Å². The van der Waals surface area contributed by atoms with E-state index in [-0.39, 0.29) is 11.9 Å². The molecule has 3 rings (SSSR count). The zero-order valence-electron chi connectivity index (χ0n) is 20.1. The molecule has 0 aliphatic heterocycles.